The molecule has 0 aliphatic carbocycles. The van der Waals surface area contributed by atoms with Crippen LogP contribution in [-0.4, -0.2) is 26.2 Å². The Morgan fingerprint density at radius 3 is 2.61 bits per heavy atom. The van der Waals surface area contributed by atoms with E-state index in [1.807, 2.05) is 12.1 Å². The number of hydrogen-bond donors (Lipinski definition) is 1. The average Bonchev–Trinajstić information content (AvgIpc) is 2.54. The molecule has 122 valence electrons. The monoisotopic (exact) mass is 337 g/mol. The van der Waals surface area contributed by atoms with Crippen molar-refractivity contribution in [3.05, 3.63) is 58.9 Å². The number of nitrogens with one attached hydrogen (secondary N) is 1. The Labute approximate surface area is 139 Å². The Balaban J connectivity index is 1.72. The second-order valence-corrected chi connectivity index (χ2v) is 5.22. The first-order chi connectivity index (χ1) is 11.1. The summed E-state index contributed by atoms with van der Waals surface area (Å²) in [4.78, 5) is 11.7. The van der Waals surface area contributed by atoms with Gasteiger partial charge in [0.2, 0.25) is 0 Å². The van der Waals surface area contributed by atoms with Gasteiger partial charge in [-0.25, -0.2) is 4.39 Å². The van der Waals surface area contributed by atoms with E-state index in [0.717, 1.165) is 5.56 Å². The van der Waals surface area contributed by atoms with Crippen molar-refractivity contribution in [3.63, 3.8) is 0 Å². The van der Waals surface area contributed by atoms with Crippen LogP contribution >= 0.6 is 11.6 Å². The number of benzene rings is 2. The molecule has 0 saturated carbocycles. The predicted molar refractivity (Wildman–Crippen MR) is 86.6 cm³/mol. The van der Waals surface area contributed by atoms with Crippen LogP contribution in [0.1, 0.15) is 5.56 Å². The minimum atomic E-state index is -0.347. The lowest BCUT2D eigenvalue weighted by atomic mass is 10.1. The molecule has 0 unspecified atom stereocenters. The van der Waals surface area contributed by atoms with Crippen LogP contribution < -0.4 is 14.8 Å². The maximum Gasteiger partial charge on any atom is 0.257 e. The summed E-state index contributed by atoms with van der Waals surface area (Å²) in [5.41, 5.74) is 0.996. The molecular formula is C17H17ClFNO3. The van der Waals surface area contributed by atoms with Gasteiger partial charge in [-0.15, -0.1) is 0 Å². The van der Waals surface area contributed by atoms with Crippen LogP contribution in [0.4, 0.5) is 4.39 Å². The van der Waals surface area contributed by atoms with Gasteiger partial charge in [0.1, 0.15) is 17.3 Å². The highest BCUT2D eigenvalue weighted by molar-refractivity contribution is 6.32. The van der Waals surface area contributed by atoms with Crippen molar-refractivity contribution in [2.24, 2.45) is 0 Å². The molecule has 0 heterocycles. The predicted octanol–water partition coefficient (Wildman–Crippen LogP) is 3.23. The number of carbonyl (C=O) groups excluding carboxylic acids is 1. The molecule has 2 rings (SSSR count). The molecule has 0 aliphatic heterocycles. The summed E-state index contributed by atoms with van der Waals surface area (Å²) in [6, 6.07) is 11.0. The average molecular weight is 338 g/mol. The molecular weight excluding hydrogens is 321 g/mol. The van der Waals surface area contributed by atoms with Crippen molar-refractivity contribution in [2.45, 2.75) is 6.42 Å². The summed E-state index contributed by atoms with van der Waals surface area (Å²) in [6.45, 7) is 0.350. The Kier molecular flexibility index (Phi) is 6.23. The van der Waals surface area contributed by atoms with Crippen LogP contribution in [0.25, 0.3) is 0 Å². The van der Waals surface area contributed by atoms with Gasteiger partial charge in [0.15, 0.2) is 6.61 Å². The number of ether oxygens (including phenoxy) is 2. The first kappa shape index (κ1) is 17.1. The Hall–Kier alpha value is -2.27. The Morgan fingerprint density at radius 2 is 1.96 bits per heavy atom. The quantitative estimate of drug-likeness (QED) is 0.844. The second-order valence-electron chi connectivity index (χ2n) is 4.81. The summed E-state index contributed by atoms with van der Waals surface area (Å²) in [5.74, 6) is 0.476. The maximum atomic E-state index is 12.7. The van der Waals surface area contributed by atoms with Gasteiger partial charge < -0.3 is 14.8 Å². The van der Waals surface area contributed by atoms with Crippen LogP contribution in [0.5, 0.6) is 11.5 Å². The van der Waals surface area contributed by atoms with E-state index in [1.165, 1.54) is 24.3 Å². The van der Waals surface area contributed by atoms with Gasteiger partial charge in [0.05, 0.1) is 12.1 Å². The number of amides is 1. The summed E-state index contributed by atoms with van der Waals surface area (Å²) in [5, 5.41) is 3.29. The SMILES string of the molecule is COc1ccc(CCNC(=O)COc2ccc(F)cc2)cc1Cl. The highest BCUT2D eigenvalue weighted by Crippen LogP contribution is 2.24. The highest BCUT2D eigenvalue weighted by atomic mass is 35.5. The largest absolute Gasteiger partial charge is 0.495 e. The summed E-state index contributed by atoms with van der Waals surface area (Å²) < 4.78 is 23.1. The van der Waals surface area contributed by atoms with Gasteiger partial charge >= 0.3 is 0 Å². The standard InChI is InChI=1S/C17H17ClFNO3/c1-22-16-7-2-12(10-15(16)18)8-9-20-17(21)11-23-14-5-3-13(19)4-6-14/h2-7,10H,8-9,11H2,1H3,(H,20,21). The fourth-order valence-corrected chi connectivity index (χ4v) is 2.22. The van der Waals surface area contributed by atoms with Crippen LogP contribution in [-0.2, 0) is 11.2 Å². The van der Waals surface area contributed by atoms with Crippen LogP contribution in [0.2, 0.25) is 5.02 Å². The van der Waals surface area contributed by atoms with Crippen molar-refractivity contribution in [3.8, 4) is 11.5 Å². The lowest BCUT2D eigenvalue weighted by Gasteiger charge is -2.09. The van der Waals surface area contributed by atoms with Gasteiger partial charge in [-0.1, -0.05) is 17.7 Å². The molecule has 2 aromatic rings. The first-order valence-corrected chi connectivity index (χ1v) is 7.44. The van der Waals surface area contributed by atoms with Crippen LogP contribution in [0, 0.1) is 5.82 Å². The zero-order valence-electron chi connectivity index (χ0n) is 12.6. The van der Waals surface area contributed by atoms with E-state index in [4.69, 9.17) is 21.1 Å². The van der Waals surface area contributed by atoms with Crippen molar-refractivity contribution < 1.29 is 18.7 Å². The molecule has 4 nitrogen and oxygen atoms in total. The van der Waals surface area contributed by atoms with Crippen LogP contribution in [0.3, 0.4) is 0 Å². The zero-order valence-corrected chi connectivity index (χ0v) is 13.4. The number of methoxy groups -OCH3 is 1. The third kappa shape index (κ3) is 5.45. The minimum absolute atomic E-state index is 0.116. The molecule has 6 heteroatoms. The van der Waals surface area contributed by atoms with Gasteiger partial charge in [-0.2, -0.15) is 0 Å². The summed E-state index contributed by atoms with van der Waals surface area (Å²) >= 11 is 6.04. The molecule has 0 saturated heterocycles. The van der Waals surface area contributed by atoms with E-state index >= 15 is 0 Å². The Bertz CT molecular complexity index is 661. The van der Waals surface area contributed by atoms with E-state index in [0.29, 0.717) is 29.5 Å². The third-order valence-corrected chi connectivity index (χ3v) is 3.43. The number of hydrogen-bond acceptors (Lipinski definition) is 3. The number of halogens is 2. The molecule has 1 amide bonds. The summed E-state index contributed by atoms with van der Waals surface area (Å²) in [6.07, 6.45) is 0.645. The van der Waals surface area contributed by atoms with E-state index in [-0.39, 0.29) is 18.3 Å². The lowest BCUT2D eigenvalue weighted by Crippen LogP contribution is -2.30. The van der Waals surface area contributed by atoms with Gasteiger partial charge in [-0.3, -0.25) is 4.79 Å². The Morgan fingerprint density at radius 1 is 1.22 bits per heavy atom. The molecule has 0 bridgehead atoms. The molecule has 2 aromatic carbocycles. The third-order valence-electron chi connectivity index (χ3n) is 3.14. The van der Waals surface area contributed by atoms with Crippen molar-refractivity contribution in [1.29, 1.82) is 0 Å². The topological polar surface area (TPSA) is 47.6 Å². The van der Waals surface area contributed by atoms with Crippen molar-refractivity contribution in [2.75, 3.05) is 20.3 Å². The van der Waals surface area contributed by atoms with E-state index in [1.54, 1.807) is 13.2 Å². The molecule has 0 aliphatic rings. The van der Waals surface area contributed by atoms with Gasteiger partial charge in [0, 0.05) is 6.54 Å². The van der Waals surface area contributed by atoms with Crippen molar-refractivity contribution in [1.82, 2.24) is 5.32 Å². The zero-order chi connectivity index (χ0) is 16.7. The molecule has 0 atom stereocenters. The minimum Gasteiger partial charge on any atom is -0.495 e. The molecule has 23 heavy (non-hydrogen) atoms. The fraction of sp³-hybridized carbons (Fsp3) is 0.235. The van der Waals surface area contributed by atoms with Crippen molar-refractivity contribution >= 4 is 17.5 Å². The molecule has 0 radical (unpaired) electrons. The molecule has 0 aromatic heterocycles. The molecule has 0 fully saturated rings. The second kappa shape index (κ2) is 8.39. The first-order valence-electron chi connectivity index (χ1n) is 7.06. The lowest BCUT2D eigenvalue weighted by molar-refractivity contribution is -0.123. The molecule has 0 spiro atoms. The maximum absolute atomic E-state index is 12.7. The van der Waals surface area contributed by atoms with E-state index < -0.39 is 0 Å². The molecule has 1 N–H and O–H groups in total. The van der Waals surface area contributed by atoms with E-state index in [2.05, 4.69) is 5.32 Å². The summed E-state index contributed by atoms with van der Waals surface area (Å²) in [7, 11) is 1.56. The number of carbonyl (C=O) groups is 1. The van der Waals surface area contributed by atoms with Gasteiger partial charge in [0.25, 0.3) is 5.91 Å². The van der Waals surface area contributed by atoms with Crippen LogP contribution in [0.15, 0.2) is 42.5 Å². The smallest absolute Gasteiger partial charge is 0.257 e. The van der Waals surface area contributed by atoms with Gasteiger partial charge in [-0.05, 0) is 48.4 Å². The fourth-order valence-electron chi connectivity index (χ4n) is 1.94. The highest BCUT2D eigenvalue weighted by Gasteiger charge is 2.05. The van der Waals surface area contributed by atoms with E-state index in [9.17, 15) is 9.18 Å². The number of rotatable bonds is 7. The normalized spacial score (nSPS) is 10.2.